The van der Waals surface area contributed by atoms with Crippen molar-refractivity contribution in [3.05, 3.63) is 58.4 Å². The normalized spacial score (nSPS) is 11.5. The van der Waals surface area contributed by atoms with Gasteiger partial charge in [-0.1, -0.05) is 13.3 Å². The first-order valence-electron chi connectivity index (χ1n) is 8.96. The molecule has 0 saturated heterocycles. The molecule has 0 atom stereocenters. The number of alkyl halides is 3. The molecule has 0 spiro atoms. The molecule has 0 aliphatic heterocycles. The number of benzene rings is 2. The van der Waals surface area contributed by atoms with Crippen LogP contribution in [0.5, 0.6) is 23.0 Å². The number of halogens is 3. The molecule has 3 aromatic rings. The molecule has 0 fully saturated rings. The third-order valence-corrected chi connectivity index (χ3v) is 4.13. The third kappa shape index (κ3) is 4.64. The van der Waals surface area contributed by atoms with Gasteiger partial charge in [0.15, 0.2) is 0 Å². The number of unbranched alkanes of at least 4 members (excludes halogenated alkanes) is 1. The smallest absolute Gasteiger partial charge is 0.453 e. The fraction of sp³-hybridized carbons (Fsp3) is 0.286. The van der Waals surface area contributed by atoms with Gasteiger partial charge in [0.25, 0.3) is 5.76 Å². The van der Waals surface area contributed by atoms with E-state index in [1.54, 1.807) is 0 Å². The van der Waals surface area contributed by atoms with Crippen LogP contribution in [0.3, 0.4) is 0 Å². The molecule has 0 aliphatic carbocycles. The summed E-state index contributed by atoms with van der Waals surface area (Å²) in [6.45, 7) is 2.40. The maximum atomic E-state index is 13.6. The van der Waals surface area contributed by atoms with E-state index in [1.165, 1.54) is 49.6 Å². The van der Waals surface area contributed by atoms with Crippen molar-refractivity contribution >= 4 is 11.0 Å². The molecule has 0 N–H and O–H groups in total. The average Bonchev–Trinajstić information content (AvgIpc) is 2.70. The molecule has 1 aromatic heterocycles. The standard InChI is InChI=1S/C21H19F3O5/c1-3-4-11-27-15-9-10-16-17(12-15)29-20(21(22,23)24)19(18(16)25)28-14-7-5-13(26-2)6-8-14/h5-10,12H,3-4,11H2,1-2H3. The number of methoxy groups -OCH3 is 1. The van der Waals surface area contributed by atoms with Gasteiger partial charge >= 0.3 is 6.18 Å². The van der Waals surface area contributed by atoms with Gasteiger partial charge in [0, 0.05) is 6.07 Å². The van der Waals surface area contributed by atoms with E-state index in [2.05, 4.69) is 0 Å². The second kappa shape index (κ2) is 8.46. The second-order valence-electron chi connectivity index (χ2n) is 6.22. The molecular formula is C21H19F3O5. The zero-order valence-corrected chi connectivity index (χ0v) is 15.8. The summed E-state index contributed by atoms with van der Waals surface area (Å²) >= 11 is 0. The van der Waals surface area contributed by atoms with Crippen LogP contribution in [0.25, 0.3) is 11.0 Å². The minimum atomic E-state index is -4.92. The Balaban J connectivity index is 2.06. The topological polar surface area (TPSA) is 57.9 Å². The minimum absolute atomic E-state index is 0.0376. The Hall–Kier alpha value is -3.16. The monoisotopic (exact) mass is 408 g/mol. The maximum absolute atomic E-state index is 13.6. The van der Waals surface area contributed by atoms with E-state index in [0.717, 1.165) is 12.8 Å². The van der Waals surface area contributed by atoms with Crippen LogP contribution in [0.2, 0.25) is 0 Å². The van der Waals surface area contributed by atoms with Crippen LogP contribution < -0.4 is 19.6 Å². The molecule has 0 bridgehead atoms. The molecule has 0 unspecified atom stereocenters. The summed E-state index contributed by atoms with van der Waals surface area (Å²) < 4.78 is 61.5. The predicted octanol–water partition coefficient (Wildman–Crippen LogP) is 5.79. The first-order chi connectivity index (χ1) is 13.8. The summed E-state index contributed by atoms with van der Waals surface area (Å²) in [7, 11) is 1.45. The van der Waals surface area contributed by atoms with E-state index in [-0.39, 0.29) is 16.7 Å². The van der Waals surface area contributed by atoms with Crippen LogP contribution in [0.15, 0.2) is 51.7 Å². The summed E-state index contributed by atoms with van der Waals surface area (Å²) in [5, 5.41) is -0.0376. The highest BCUT2D eigenvalue weighted by atomic mass is 19.4. The molecule has 154 valence electrons. The van der Waals surface area contributed by atoms with Crippen LogP contribution in [0.1, 0.15) is 25.5 Å². The van der Waals surface area contributed by atoms with E-state index >= 15 is 0 Å². The van der Waals surface area contributed by atoms with Gasteiger partial charge in [0.2, 0.25) is 11.2 Å². The number of fused-ring (bicyclic) bond motifs is 1. The highest BCUT2D eigenvalue weighted by molar-refractivity contribution is 5.79. The highest BCUT2D eigenvalue weighted by Gasteiger charge is 2.40. The zero-order chi connectivity index (χ0) is 21.0. The van der Waals surface area contributed by atoms with Crippen LogP contribution in [-0.2, 0) is 6.18 Å². The molecular weight excluding hydrogens is 389 g/mol. The summed E-state index contributed by atoms with van der Waals surface area (Å²) in [4.78, 5) is 12.7. The first-order valence-corrected chi connectivity index (χ1v) is 8.96. The molecule has 1 heterocycles. The molecule has 2 aromatic carbocycles. The summed E-state index contributed by atoms with van der Waals surface area (Å²) in [6, 6.07) is 9.96. The Bertz CT molecular complexity index is 1040. The van der Waals surface area contributed by atoms with Crippen LogP contribution in [0, 0.1) is 0 Å². The summed E-state index contributed by atoms with van der Waals surface area (Å²) in [5.74, 6) is -1.56. The Morgan fingerprint density at radius 1 is 1.00 bits per heavy atom. The van der Waals surface area contributed by atoms with Gasteiger partial charge in [-0.2, -0.15) is 13.2 Å². The molecule has 0 saturated carbocycles. The van der Waals surface area contributed by atoms with E-state index in [4.69, 9.17) is 18.6 Å². The van der Waals surface area contributed by atoms with Gasteiger partial charge in [-0.25, -0.2) is 0 Å². The fourth-order valence-corrected chi connectivity index (χ4v) is 2.62. The molecule has 5 nitrogen and oxygen atoms in total. The lowest BCUT2D eigenvalue weighted by Crippen LogP contribution is -2.15. The lowest BCUT2D eigenvalue weighted by molar-refractivity contribution is -0.154. The van der Waals surface area contributed by atoms with Gasteiger partial charge in [0.1, 0.15) is 22.8 Å². The van der Waals surface area contributed by atoms with Crippen molar-refractivity contribution in [1.82, 2.24) is 0 Å². The lowest BCUT2D eigenvalue weighted by atomic mass is 10.2. The van der Waals surface area contributed by atoms with Gasteiger partial charge in [0.05, 0.1) is 19.1 Å². The fourth-order valence-electron chi connectivity index (χ4n) is 2.62. The second-order valence-corrected chi connectivity index (χ2v) is 6.22. The van der Waals surface area contributed by atoms with E-state index in [9.17, 15) is 18.0 Å². The van der Waals surface area contributed by atoms with E-state index in [0.29, 0.717) is 18.1 Å². The third-order valence-electron chi connectivity index (χ3n) is 4.13. The summed E-state index contributed by atoms with van der Waals surface area (Å²) in [6.07, 6.45) is -3.22. The van der Waals surface area contributed by atoms with Crippen molar-refractivity contribution in [3.8, 4) is 23.0 Å². The van der Waals surface area contributed by atoms with Crippen molar-refractivity contribution in [2.24, 2.45) is 0 Å². The largest absolute Gasteiger partial charge is 0.497 e. The molecule has 0 radical (unpaired) electrons. The van der Waals surface area contributed by atoms with Gasteiger partial charge in [-0.3, -0.25) is 4.79 Å². The van der Waals surface area contributed by atoms with Crippen molar-refractivity contribution < 1.29 is 31.8 Å². The van der Waals surface area contributed by atoms with Gasteiger partial charge < -0.3 is 18.6 Å². The minimum Gasteiger partial charge on any atom is -0.497 e. The van der Waals surface area contributed by atoms with E-state index in [1.807, 2.05) is 6.92 Å². The van der Waals surface area contributed by atoms with Crippen molar-refractivity contribution in [2.75, 3.05) is 13.7 Å². The maximum Gasteiger partial charge on any atom is 0.453 e. The molecule has 0 aliphatic rings. The highest BCUT2D eigenvalue weighted by Crippen LogP contribution is 2.38. The molecule has 29 heavy (non-hydrogen) atoms. The zero-order valence-electron chi connectivity index (χ0n) is 15.8. The lowest BCUT2D eigenvalue weighted by Gasteiger charge is -2.14. The Kier molecular flexibility index (Phi) is 6.00. The van der Waals surface area contributed by atoms with Crippen molar-refractivity contribution in [2.45, 2.75) is 25.9 Å². The molecule has 3 rings (SSSR count). The number of ether oxygens (including phenoxy) is 3. The van der Waals surface area contributed by atoms with Crippen LogP contribution in [0.4, 0.5) is 13.2 Å². The van der Waals surface area contributed by atoms with Gasteiger partial charge in [-0.05, 0) is 42.8 Å². The van der Waals surface area contributed by atoms with E-state index < -0.39 is 23.1 Å². The Morgan fingerprint density at radius 2 is 1.66 bits per heavy atom. The van der Waals surface area contributed by atoms with Crippen LogP contribution in [-0.4, -0.2) is 13.7 Å². The molecule has 8 heteroatoms. The number of hydrogen-bond donors (Lipinski definition) is 0. The Labute approximate surface area is 164 Å². The molecule has 0 amide bonds. The number of hydrogen-bond acceptors (Lipinski definition) is 5. The SMILES string of the molecule is CCCCOc1ccc2c(=O)c(Oc3ccc(OC)cc3)c(C(F)(F)F)oc2c1. The Morgan fingerprint density at radius 3 is 2.28 bits per heavy atom. The van der Waals surface area contributed by atoms with Crippen molar-refractivity contribution in [1.29, 1.82) is 0 Å². The predicted molar refractivity (Wildman–Crippen MR) is 101 cm³/mol. The average molecular weight is 408 g/mol. The quantitative estimate of drug-likeness (QED) is 0.463. The van der Waals surface area contributed by atoms with Crippen molar-refractivity contribution in [3.63, 3.8) is 0 Å². The van der Waals surface area contributed by atoms with Crippen LogP contribution >= 0.6 is 0 Å². The number of rotatable bonds is 7. The first kappa shape index (κ1) is 20.6. The van der Waals surface area contributed by atoms with Gasteiger partial charge in [-0.15, -0.1) is 0 Å². The summed E-state index contributed by atoms with van der Waals surface area (Å²) in [5.41, 5.74) is -1.15.